The van der Waals surface area contributed by atoms with E-state index in [0.717, 1.165) is 19.5 Å². The first-order chi connectivity index (χ1) is 9.63. The Morgan fingerprint density at radius 1 is 1.25 bits per heavy atom. The lowest BCUT2D eigenvalue weighted by atomic mass is 10.4. The molecule has 0 aromatic carbocycles. The van der Waals surface area contributed by atoms with Crippen LogP contribution in [0.2, 0.25) is 0 Å². The van der Waals surface area contributed by atoms with Gasteiger partial charge in [0.05, 0.1) is 7.11 Å². The maximum absolute atomic E-state index is 11.4. The molecule has 0 spiro atoms. The Bertz CT molecular complexity index is 460. The van der Waals surface area contributed by atoms with E-state index in [1.807, 2.05) is 9.80 Å². The van der Waals surface area contributed by atoms with Gasteiger partial charge >= 0.3 is 6.01 Å². The van der Waals surface area contributed by atoms with E-state index in [1.54, 1.807) is 6.92 Å². The number of amides is 1. The van der Waals surface area contributed by atoms with Crippen molar-refractivity contribution >= 4 is 17.8 Å². The Kier molecular flexibility index (Phi) is 4.51. The van der Waals surface area contributed by atoms with Crippen molar-refractivity contribution in [3.05, 3.63) is 0 Å². The summed E-state index contributed by atoms with van der Waals surface area (Å²) in [5.74, 6) is 6.17. The first kappa shape index (κ1) is 14.3. The minimum absolute atomic E-state index is 0.0874. The van der Waals surface area contributed by atoms with Crippen LogP contribution in [0, 0.1) is 0 Å². The van der Waals surface area contributed by atoms with Crippen LogP contribution in [0.4, 0.5) is 11.9 Å². The van der Waals surface area contributed by atoms with Gasteiger partial charge in [-0.25, -0.2) is 5.84 Å². The summed E-state index contributed by atoms with van der Waals surface area (Å²) in [6, 6.07) is 0.204. The van der Waals surface area contributed by atoms with Crippen LogP contribution in [0.15, 0.2) is 0 Å². The number of rotatable bonds is 3. The first-order valence-corrected chi connectivity index (χ1v) is 6.41. The SMILES string of the molecule is COc1nc(NN)nc(N2CCCN(C(C)=O)CC2)n1. The maximum atomic E-state index is 11.4. The molecule has 0 radical (unpaired) electrons. The fourth-order valence-electron chi connectivity index (χ4n) is 2.08. The molecular weight excluding hydrogens is 262 g/mol. The van der Waals surface area contributed by atoms with Gasteiger partial charge in [0, 0.05) is 33.1 Å². The third-order valence-corrected chi connectivity index (χ3v) is 3.14. The highest BCUT2D eigenvalue weighted by molar-refractivity contribution is 5.73. The number of carbonyl (C=O) groups is 1. The molecule has 1 fully saturated rings. The molecule has 0 saturated carbocycles. The van der Waals surface area contributed by atoms with Gasteiger partial charge in [0.1, 0.15) is 0 Å². The molecule has 1 aromatic heterocycles. The Labute approximate surface area is 117 Å². The number of methoxy groups -OCH3 is 1. The van der Waals surface area contributed by atoms with Gasteiger partial charge in [-0.15, -0.1) is 0 Å². The zero-order chi connectivity index (χ0) is 14.5. The molecule has 1 amide bonds. The fourth-order valence-corrected chi connectivity index (χ4v) is 2.08. The molecule has 1 saturated heterocycles. The summed E-state index contributed by atoms with van der Waals surface area (Å²) in [5, 5.41) is 0. The summed E-state index contributed by atoms with van der Waals surface area (Å²) >= 11 is 0. The van der Waals surface area contributed by atoms with Crippen molar-refractivity contribution < 1.29 is 9.53 Å². The average Bonchev–Trinajstić information content (AvgIpc) is 2.72. The summed E-state index contributed by atoms with van der Waals surface area (Å²) in [5.41, 5.74) is 2.39. The monoisotopic (exact) mass is 281 g/mol. The van der Waals surface area contributed by atoms with E-state index in [1.165, 1.54) is 7.11 Å². The van der Waals surface area contributed by atoms with E-state index in [4.69, 9.17) is 10.6 Å². The van der Waals surface area contributed by atoms with E-state index in [9.17, 15) is 4.79 Å². The number of nitrogens with one attached hydrogen (secondary N) is 1. The Morgan fingerprint density at radius 2 is 2.05 bits per heavy atom. The lowest BCUT2D eigenvalue weighted by molar-refractivity contribution is -0.128. The molecule has 1 aliphatic heterocycles. The standard InChI is InChI=1S/C11H19N7O2/c1-8(19)17-4-3-5-18(7-6-17)10-13-9(16-12)14-11(15-10)20-2/h3-7,12H2,1-2H3,(H,13,14,15,16). The normalized spacial score (nSPS) is 15.8. The molecule has 2 heterocycles. The number of hydrogen-bond donors (Lipinski definition) is 2. The summed E-state index contributed by atoms with van der Waals surface area (Å²) < 4.78 is 5.03. The zero-order valence-electron chi connectivity index (χ0n) is 11.7. The van der Waals surface area contributed by atoms with E-state index >= 15 is 0 Å². The maximum Gasteiger partial charge on any atom is 0.322 e. The molecule has 1 aromatic rings. The van der Waals surface area contributed by atoms with Crippen molar-refractivity contribution in [3.8, 4) is 6.01 Å². The summed E-state index contributed by atoms with van der Waals surface area (Å²) in [4.78, 5) is 27.6. The molecule has 110 valence electrons. The number of carbonyl (C=O) groups excluding carboxylic acids is 1. The predicted octanol–water partition coefficient (Wildman–Crippen LogP) is -0.776. The Morgan fingerprint density at radius 3 is 2.70 bits per heavy atom. The number of nitrogens with zero attached hydrogens (tertiary/aromatic N) is 5. The second kappa shape index (κ2) is 6.33. The predicted molar refractivity (Wildman–Crippen MR) is 73.3 cm³/mol. The van der Waals surface area contributed by atoms with Crippen molar-refractivity contribution in [2.75, 3.05) is 43.6 Å². The molecule has 0 unspecified atom stereocenters. The molecule has 0 bridgehead atoms. The van der Waals surface area contributed by atoms with Gasteiger partial charge in [-0.05, 0) is 6.42 Å². The Hall–Kier alpha value is -2.16. The third kappa shape index (κ3) is 3.23. The Balaban J connectivity index is 2.16. The van der Waals surface area contributed by atoms with Crippen LogP contribution in [0.3, 0.4) is 0 Å². The zero-order valence-corrected chi connectivity index (χ0v) is 11.7. The summed E-state index contributed by atoms with van der Waals surface area (Å²) in [6.07, 6.45) is 0.860. The van der Waals surface area contributed by atoms with Crippen LogP contribution in [0.25, 0.3) is 0 Å². The van der Waals surface area contributed by atoms with E-state index in [0.29, 0.717) is 19.0 Å². The number of hydrazine groups is 1. The lowest BCUT2D eigenvalue weighted by Gasteiger charge is -2.21. The fraction of sp³-hybridized carbons (Fsp3) is 0.636. The largest absolute Gasteiger partial charge is 0.467 e. The van der Waals surface area contributed by atoms with E-state index in [2.05, 4.69) is 20.4 Å². The van der Waals surface area contributed by atoms with Crippen molar-refractivity contribution in [2.45, 2.75) is 13.3 Å². The molecule has 20 heavy (non-hydrogen) atoms. The number of aromatic nitrogens is 3. The molecule has 3 N–H and O–H groups in total. The number of nitrogens with two attached hydrogens (primary N) is 1. The van der Waals surface area contributed by atoms with Gasteiger partial charge in [-0.2, -0.15) is 15.0 Å². The molecule has 2 rings (SSSR count). The highest BCUT2D eigenvalue weighted by Crippen LogP contribution is 2.16. The van der Waals surface area contributed by atoms with Gasteiger partial charge in [0.2, 0.25) is 17.8 Å². The van der Waals surface area contributed by atoms with Crippen molar-refractivity contribution in [1.82, 2.24) is 19.9 Å². The molecule has 0 aliphatic carbocycles. The molecule has 9 heteroatoms. The lowest BCUT2D eigenvalue weighted by Crippen LogP contribution is -2.34. The number of nitrogen functional groups attached to an aromatic ring is 1. The van der Waals surface area contributed by atoms with Crippen molar-refractivity contribution in [2.24, 2.45) is 5.84 Å². The van der Waals surface area contributed by atoms with Gasteiger partial charge in [0.15, 0.2) is 0 Å². The number of hydrogen-bond acceptors (Lipinski definition) is 8. The van der Waals surface area contributed by atoms with Gasteiger partial charge in [-0.1, -0.05) is 0 Å². The minimum atomic E-state index is 0.0874. The van der Waals surface area contributed by atoms with Crippen LogP contribution in [-0.4, -0.2) is 59.0 Å². The van der Waals surface area contributed by atoms with Crippen LogP contribution in [0.1, 0.15) is 13.3 Å². The highest BCUT2D eigenvalue weighted by Gasteiger charge is 2.19. The van der Waals surface area contributed by atoms with Crippen molar-refractivity contribution in [1.29, 1.82) is 0 Å². The van der Waals surface area contributed by atoms with Crippen molar-refractivity contribution in [3.63, 3.8) is 0 Å². The summed E-state index contributed by atoms with van der Waals surface area (Å²) in [6.45, 7) is 4.40. The van der Waals surface area contributed by atoms with E-state index in [-0.39, 0.29) is 17.9 Å². The highest BCUT2D eigenvalue weighted by atomic mass is 16.5. The van der Waals surface area contributed by atoms with Crippen LogP contribution in [-0.2, 0) is 4.79 Å². The van der Waals surface area contributed by atoms with Crippen LogP contribution in [0.5, 0.6) is 6.01 Å². The second-order valence-corrected chi connectivity index (χ2v) is 4.44. The molecule has 9 nitrogen and oxygen atoms in total. The smallest absolute Gasteiger partial charge is 0.322 e. The first-order valence-electron chi connectivity index (χ1n) is 6.41. The average molecular weight is 281 g/mol. The van der Waals surface area contributed by atoms with Gasteiger partial charge < -0.3 is 14.5 Å². The minimum Gasteiger partial charge on any atom is -0.467 e. The quantitative estimate of drug-likeness (QED) is 0.549. The molecular formula is C11H19N7O2. The third-order valence-electron chi connectivity index (χ3n) is 3.14. The van der Waals surface area contributed by atoms with Gasteiger partial charge in [-0.3, -0.25) is 10.2 Å². The number of anilines is 2. The summed E-state index contributed by atoms with van der Waals surface area (Å²) in [7, 11) is 1.49. The van der Waals surface area contributed by atoms with Crippen LogP contribution < -0.4 is 20.9 Å². The van der Waals surface area contributed by atoms with E-state index < -0.39 is 0 Å². The van der Waals surface area contributed by atoms with Gasteiger partial charge in [0.25, 0.3) is 0 Å². The number of ether oxygens (including phenoxy) is 1. The van der Waals surface area contributed by atoms with Crippen LogP contribution >= 0.6 is 0 Å². The second-order valence-electron chi connectivity index (χ2n) is 4.44. The topological polar surface area (TPSA) is 109 Å². The molecule has 1 aliphatic rings. The molecule has 0 atom stereocenters.